The summed E-state index contributed by atoms with van der Waals surface area (Å²) in [6, 6.07) is 18.6. The van der Waals surface area contributed by atoms with Gasteiger partial charge in [-0.15, -0.1) is 24.8 Å². The predicted octanol–water partition coefficient (Wildman–Crippen LogP) is 4.39. The van der Waals surface area contributed by atoms with Crippen LogP contribution in [-0.2, 0) is 5.41 Å². The van der Waals surface area contributed by atoms with Gasteiger partial charge in [0.05, 0.1) is 0 Å². The Hall–Kier alpha value is -1.46. The highest BCUT2D eigenvalue weighted by molar-refractivity contribution is 5.85. The molecule has 2 aromatic rings. The maximum atomic E-state index is 10.5. The smallest absolute Gasteiger partial charge is 0.123 e. The second-order valence-electron chi connectivity index (χ2n) is 8.33. The first-order chi connectivity index (χ1) is 12.9. The highest BCUT2D eigenvalue weighted by atomic mass is 35.5. The van der Waals surface area contributed by atoms with Gasteiger partial charge in [0.25, 0.3) is 0 Å². The number of benzene rings is 2. The van der Waals surface area contributed by atoms with Crippen LogP contribution in [0.15, 0.2) is 54.6 Å². The number of anilines is 1. The molecule has 4 nitrogen and oxygen atoms in total. The highest BCUT2D eigenvalue weighted by Gasteiger charge is 2.21. The van der Waals surface area contributed by atoms with Gasteiger partial charge >= 0.3 is 0 Å². The molecule has 6 heteroatoms. The largest absolute Gasteiger partial charge is 0.491 e. The monoisotopic (exact) mass is 440 g/mol. The molecule has 1 aliphatic rings. The number of hydrogen-bond donors (Lipinski definition) is 1. The van der Waals surface area contributed by atoms with Crippen molar-refractivity contribution in [2.24, 2.45) is 0 Å². The molecular weight excluding hydrogens is 407 g/mol. The number of nitrogens with zero attached hydrogens (tertiary/aromatic N) is 2. The number of aliphatic hydroxyl groups excluding tert-OH is 1. The summed E-state index contributed by atoms with van der Waals surface area (Å²) < 4.78 is 5.97. The van der Waals surface area contributed by atoms with Crippen LogP contribution in [0.1, 0.15) is 26.3 Å². The van der Waals surface area contributed by atoms with E-state index in [1.165, 1.54) is 11.3 Å². The molecule has 1 heterocycles. The molecule has 29 heavy (non-hydrogen) atoms. The lowest BCUT2D eigenvalue weighted by atomic mass is 9.86. The maximum Gasteiger partial charge on any atom is 0.123 e. The van der Waals surface area contributed by atoms with Crippen molar-refractivity contribution in [1.82, 2.24) is 4.90 Å². The van der Waals surface area contributed by atoms with Crippen LogP contribution >= 0.6 is 24.8 Å². The molecule has 0 saturated carbocycles. The Kier molecular flexibility index (Phi) is 10.3. The van der Waals surface area contributed by atoms with E-state index in [2.05, 4.69) is 60.9 Å². The van der Waals surface area contributed by atoms with E-state index in [0.29, 0.717) is 13.2 Å². The first-order valence-electron chi connectivity index (χ1n) is 9.86. The van der Waals surface area contributed by atoms with Crippen LogP contribution < -0.4 is 9.64 Å². The van der Waals surface area contributed by atoms with Crippen LogP contribution in [0, 0.1) is 0 Å². The molecular formula is C23H34Cl2N2O2. The quantitative estimate of drug-likeness (QED) is 0.722. The van der Waals surface area contributed by atoms with E-state index in [-0.39, 0.29) is 30.2 Å². The van der Waals surface area contributed by atoms with Gasteiger partial charge in [0.2, 0.25) is 0 Å². The van der Waals surface area contributed by atoms with Crippen molar-refractivity contribution in [3.8, 4) is 5.75 Å². The molecule has 0 bridgehead atoms. The minimum atomic E-state index is -0.485. The molecule has 0 radical (unpaired) electrons. The highest BCUT2D eigenvalue weighted by Crippen LogP contribution is 2.31. The third-order valence-electron chi connectivity index (χ3n) is 5.09. The zero-order valence-electron chi connectivity index (χ0n) is 17.6. The Bertz CT molecular complexity index is 714. The van der Waals surface area contributed by atoms with Crippen LogP contribution in [0.5, 0.6) is 5.75 Å². The first-order valence-corrected chi connectivity index (χ1v) is 9.86. The van der Waals surface area contributed by atoms with Gasteiger partial charge in [0, 0.05) is 38.4 Å². The van der Waals surface area contributed by atoms with E-state index in [9.17, 15) is 5.11 Å². The number of hydrogen-bond acceptors (Lipinski definition) is 4. The summed E-state index contributed by atoms with van der Waals surface area (Å²) in [6.07, 6.45) is -0.485. The fraction of sp³-hybridized carbons (Fsp3) is 0.478. The molecule has 1 N–H and O–H groups in total. The van der Waals surface area contributed by atoms with E-state index in [4.69, 9.17) is 4.74 Å². The molecule has 1 aliphatic heterocycles. The normalized spacial score (nSPS) is 15.8. The van der Waals surface area contributed by atoms with Crippen molar-refractivity contribution in [1.29, 1.82) is 0 Å². The van der Waals surface area contributed by atoms with Crippen molar-refractivity contribution in [3.05, 3.63) is 60.2 Å². The number of para-hydroxylation sites is 2. The Morgan fingerprint density at radius 3 is 2.10 bits per heavy atom. The summed E-state index contributed by atoms with van der Waals surface area (Å²) >= 11 is 0. The number of rotatable bonds is 6. The SMILES string of the molecule is CC(C)(C)c1ccccc1OCC(O)CN1CCN(c2ccccc2)CC1.Cl.Cl. The third kappa shape index (κ3) is 7.38. The van der Waals surface area contributed by atoms with Crippen molar-refractivity contribution in [2.75, 3.05) is 44.2 Å². The predicted molar refractivity (Wildman–Crippen MR) is 126 cm³/mol. The molecule has 3 rings (SSSR count). The van der Waals surface area contributed by atoms with Crippen molar-refractivity contribution in [3.63, 3.8) is 0 Å². The lowest BCUT2D eigenvalue weighted by Crippen LogP contribution is -2.49. The average Bonchev–Trinajstić information content (AvgIpc) is 2.67. The average molecular weight is 441 g/mol. The Balaban J connectivity index is 0.00000210. The minimum Gasteiger partial charge on any atom is -0.491 e. The van der Waals surface area contributed by atoms with Gasteiger partial charge < -0.3 is 14.7 Å². The van der Waals surface area contributed by atoms with E-state index in [1.54, 1.807) is 0 Å². The van der Waals surface area contributed by atoms with E-state index < -0.39 is 6.10 Å². The fourth-order valence-corrected chi connectivity index (χ4v) is 3.58. The molecule has 1 unspecified atom stereocenters. The number of ether oxygens (including phenoxy) is 1. The molecule has 0 aliphatic carbocycles. The maximum absolute atomic E-state index is 10.5. The second kappa shape index (κ2) is 11.7. The van der Waals surface area contributed by atoms with E-state index in [0.717, 1.165) is 31.9 Å². The van der Waals surface area contributed by atoms with Gasteiger partial charge in [-0.05, 0) is 29.2 Å². The Labute approximate surface area is 187 Å². The molecule has 2 aromatic carbocycles. The Morgan fingerprint density at radius 1 is 0.897 bits per heavy atom. The topological polar surface area (TPSA) is 35.9 Å². The van der Waals surface area contributed by atoms with E-state index in [1.807, 2.05) is 24.3 Å². The molecule has 1 atom stereocenters. The molecule has 1 saturated heterocycles. The molecule has 1 fully saturated rings. The lowest BCUT2D eigenvalue weighted by Gasteiger charge is -2.36. The number of aliphatic hydroxyl groups is 1. The van der Waals surface area contributed by atoms with Gasteiger partial charge in [-0.3, -0.25) is 4.90 Å². The van der Waals surface area contributed by atoms with E-state index >= 15 is 0 Å². The van der Waals surface area contributed by atoms with Crippen molar-refractivity contribution >= 4 is 30.5 Å². The van der Waals surface area contributed by atoms with Gasteiger partial charge in [-0.2, -0.15) is 0 Å². The van der Waals surface area contributed by atoms with Gasteiger partial charge in [0.1, 0.15) is 18.5 Å². The number of β-amino-alcohol motifs (C(OH)–C–C–N with tert-alkyl or cyclic N) is 1. The number of halogens is 2. The summed E-state index contributed by atoms with van der Waals surface area (Å²) in [5.74, 6) is 0.873. The summed E-state index contributed by atoms with van der Waals surface area (Å²) in [7, 11) is 0. The molecule has 0 spiro atoms. The standard InChI is InChI=1S/C23H32N2O2.2ClH/c1-23(2,3)21-11-7-8-12-22(21)27-18-20(26)17-24-13-15-25(16-14-24)19-9-5-4-6-10-19;;/h4-12,20,26H,13-18H2,1-3H3;2*1H. The molecule has 162 valence electrons. The van der Waals surface area contributed by atoms with Crippen LogP contribution in [0.3, 0.4) is 0 Å². The zero-order valence-corrected chi connectivity index (χ0v) is 19.2. The van der Waals surface area contributed by atoms with Crippen LogP contribution in [0.25, 0.3) is 0 Å². The van der Waals surface area contributed by atoms with Crippen LogP contribution in [0.4, 0.5) is 5.69 Å². The summed E-state index contributed by atoms with van der Waals surface area (Å²) in [6.45, 7) is 11.4. The Morgan fingerprint density at radius 2 is 1.48 bits per heavy atom. The van der Waals surface area contributed by atoms with Crippen LogP contribution in [-0.4, -0.2) is 55.4 Å². The third-order valence-corrected chi connectivity index (χ3v) is 5.09. The fourth-order valence-electron chi connectivity index (χ4n) is 3.58. The first kappa shape index (κ1) is 25.6. The zero-order chi connectivity index (χ0) is 19.3. The molecule has 0 aromatic heterocycles. The van der Waals surface area contributed by atoms with Gasteiger partial charge in [-0.1, -0.05) is 57.2 Å². The second-order valence-corrected chi connectivity index (χ2v) is 8.33. The minimum absolute atomic E-state index is 0. The lowest BCUT2D eigenvalue weighted by molar-refractivity contribution is 0.0656. The summed E-state index contributed by atoms with van der Waals surface area (Å²) in [4.78, 5) is 4.72. The van der Waals surface area contributed by atoms with Crippen molar-refractivity contribution < 1.29 is 9.84 Å². The van der Waals surface area contributed by atoms with Gasteiger partial charge in [0.15, 0.2) is 0 Å². The van der Waals surface area contributed by atoms with Crippen LogP contribution in [0.2, 0.25) is 0 Å². The number of piperazine rings is 1. The van der Waals surface area contributed by atoms with Crippen molar-refractivity contribution in [2.45, 2.75) is 32.3 Å². The summed E-state index contributed by atoms with van der Waals surface area (Å²) in [5, 5.41) is 10.5. The van der Waals surface area contributed by atoms with Gasteiger partial charge in [-0.25, -0.2) is 0 Å². The molecule has 0 amide bonds. The summed E-state index contributed by atoms with van der Waals surface area (Å²) in [5.41, 5.74) is 2.48.